The molecule has 3 aromatic rings. The van der Waals surface area contributed by atoms with E-state index in [2.05, 4.69) is 11.9 Å². The molecule has 0 aliphatic rings. The first-order valence-electron chi connectivity index (χ1n) is 7.95. The van der Waals surface area contributed by atoms with Gasteiger partial charge in [0.25, 0.3) is 5.56 Å². The molecule has 0 saturated carbocycles. The molecule has 0 bridgehead atoms. The number of aromatic amines is 1. The molecule has 0 amide bonds. The van der Waals surface area contributed by atoms with Gasteiger partial charge in [0.05, 0.1) is 5.39 Å². The molecule has 0 radical (unpaired) electrons. The Labute approximate surface area is 138 Å². The van der Waals surface area contributed by atoms with Crippen molar-refractivity contribution in [1.29, 1.82) is 0 Å². The van der Waals surface area contributed by atoms with Gasteiger partial charge in [-0.3, -0.25) is 14.3 Å². The van der Waals surface area contributed by atoms with Gasteiger partial charge in [-0.05, 0) is 18.9 Å². The van der Waals surface area contributed by atoms with Crippen LogP contribution in [0.25, 0.3) is 21.3 Å². The third-order valence-electron chi connectivity index (χ3n) is 4.05. The van der Waals surface area contributed by atoms with Crippen molar-refractivity contribution < 1.29 is 0 Å². The molecule has 0 unspecified atom stereocenters. The molecule has 23 heavy (non-hydrogen) atoms. The van der Waals surface area contributed by atoms with Crippen LogP contribution in [0.4, 0.5) is 0 Å². The number of unbranched alkanes of at least 4 members (excludes halogenated alkanes) is 2. The summed E-state index contributed by atoms with van der Waals surface area (Å²) in [5.74, 6) is 0. The first-order valence-corrected chi connectivity index (χ1v) is 8.76. The fourth-order valence-corrected chi connectivity index (χ4v) is 4.12. The maximum atomic E-state index is 12.4. The fraction of sp³-hybridized carbons (Fsp3) is 0.333. The number of nitrogens with zero attached hydrogens (tertiary/aromatic N) is 1. The minimum atomic E-state index is -0.306. The second kappa shape index (κ2) is 6.54. The standard InChI is InChI=1S/C18H20N2O2S/c1-3-4-8-11-20-17-15(16(21)19-18(20)22)14(12(2)23-17)13-9-6-5-7-10-13/h5-7,9-10H,3-4,8,11H2,1-2H3,(H,19,21,22). The third-order valence-corrected chi connectivity index (χ3v) is 5.18. The van der Waals surface area contributed by atoms with Crippen LogP contribution in [0, 0.1) is 6.92 Å². The van der Waals surface area contributed by atoms with Gasteiger partial charge in [-0.2, -0.15) is 0 Å². The van der Waals surface area contributed by atoms with E-state index in [0.29, 0.717) is 11.9 Å². The van der Waals surface area contributed by atoms with Gasteiger partial charge in [0, 0.05) is 17.0 Å². The molecule has 0 atom stereocenters. The SMILES string of the molecule is CCCCCn1c(=O)[nH]c(=O)c2c(-c3ccccc3)c(C)sc21. The molecular formula is C18H20N2O2S. The number of aromatic nitrogens is 2. The Bertz CT molecular complexity index is 935. The predicted octanol–water partition coefficient (Wildman–Crippen LogP) is 3.92. The Morgan fingerprint density at radius 3 is 2.57 bits per heavy atom. The first-order chi connectivity index (χ1) is 11.1. The van der Waals surface area contributed by atoms with Crippen LogP contribution in [0.2, 0.25) is 0 Å². The topological polar surface area (TPSA) is 54.9 Å². The van der Waals surface area contributed by atoms with E-state index in [4.69, 9.17) is 0 Å². The molecule has 3 rings (SSSR count). The van der Waals surface area contributed by atoms with Crippen molar-refractivity contribution in [2.75, 3.05) is 0 Å². The highest BCUT2D eigenvalue weighted by molar-refractivity contribution is 7.19. The van der Waals surface area contributed by atoms with Crippen LogP contribution < -0.4 is 11.2 Å². The molecule has 120 valence electrons. The molecule has 0 aliphatic heterocycles. The minimum Gasteiger partial charge on any atom is -0.284 e. The number of H-pyrrole nitrogens is 1. The Balaban J connectivity index is 2.25. The van der Waals surface area contributed by atoms with Gasteiger partial charge in [0.15, 0.2) is 0 Å². The van der Waals surface area contributed by atoms with Crippen LogP contribution in [0.15, 0.2) is 39.9 Å². The Morgan fingerprint density at radius 2 is 1.87 bits per heavy atom. The number of rotatable bonds is 5. The van der Waals surface area contributed by atoms with Crippen LogP contribution in [0.1, 0.15) is 31.1 Å². The lowest BCUT2D eigenvalue weighted by atomic mass is 10.0. The van der Waals surface area contributed by atoms with E-state index in [9.17, 15) is 9.59 Å². The molecular weight excluding hydrogens is 308 g/mol. The van der Waals surface area contributed by atoms with E-state index in [0.717, 1.165) is 40.1 Å². The van der Waals surface area contributed by atoms with Gasteiger partial charge < -0.3 is 0 Å². The normalized spacial score (nSPS) is 11.2. The molecule has 0 fully saturated rings. The second-order valence-electron chi connectivity index (χ2n) is 5.70. The van der Waals surface area contributed by atoms with Gasteiger partial charge in [0.1, 0.15) is 4.83 Å². The molecule has 4 nitrogen and oxygen atoms in total. The second-order valence-corrected chi connectivity index (χ2v) is 6.90. The summed E-state index contributed by atoms with van der Waals surface area (Å²) in [6, 6.07) is 9.88. The monoisotopic (exact) mass is 328 g/mol. The van der Waals surface area contributed by atoms with Gasteiger partial charge in [-0.1, -0.05) is 50.1 Å². The molecule has 1 N–H and O–H groups in total. The Kier molecular flexibility index (Phi) is 4.48. The smallest absolute Gasteiger partial charge is 0.284 e. The molecule has 0 aliphatic carbocycles. The fourth-order valence-electron chi connectivity index (χ4n) is 2.93. The van der Waals surface area contributed by atoms with E-state index in [1.54, 1.807) is 4.57 Å². The molecule has 2 aromatic heterocycles. The first kappa shape index (κ1) is 15.7. The summed E-state index contributed by atoms with van der Waals surface area (Å²) < 4.78 is 1.72. The molecule has 2 heterocycles. The molecule has 1 aromatic carbocycles. The zero-order valence-electron chi connectivity index (χ0n) is 13.4. The van der Waals surface area contributed by atoms with Gasteiger partial charge in [-0.25, -0.2) is 4.79 Å². The number of hydrogen-bond donors (Lipinski definition) is 1. The largest absolute Gasteiger partial charge is 0.329 e. The highest BCUT2D eigenvalue weighted by atomic mass is 32.1. The number of hydrogen-bond acceptors (Lipinski definition) is 3. The summed E-state index contributed by atoms with van der Waals surface area (Å²) >= 11 is 1.53. The third kappa shape index (κ3) is 2.88. The summed E-state index contributed by atoms with van der Waals surface area (Å²) in [6.07, 6.45) is 3.11. The highest BCUT2D eigenvalue weighted by Crippen LogP contribution is 2.35. The van der Waals surface area contributed by atoms with Gasteiger partial charge >= 0.3 is 5.69 Å². The van der Waals surface area contributed by atoms with Crippen molar-refractivity contribution in [2.45, 2.75) is 39.7 Å². The zero-order chi connectivity index (χ0) is 16.4. The van der Waals surface area contributed by atoms with E-state index < -0.39 is 0 Å². The number of aryl methyl sites for hydroxylation is 2. The number of fused-ring (bicyclic) bond motifs is 1. The quantitative estimate of drug-likeness (QED) is 0.722. The number of thiophene rings is 1. The van der Waals surface area contributed by atoms with E-state index in [-0.39, 0.29) is 11.2 Å². The highest BCUT2D eigenvalue weighted by Gasteiger charge is 2.18. The summed E-state index contributed by atoms with van der Waals surface area (Å²) in [5.41, 5.74) is 1.36. The number of nitrogens with one attached hydrogen (secondary N) is 1. The van der Waals surface area contributed by atoms with Crippen molar-refractivity contribution in [3.05, 3.63) is 56.0 Å². The van der Waals surface area contributed by atoms with Crippen molar-refractivity contribution in [2.24, 2.45) is 0 Å². The van der Waals surface area contributed by atoms with Crippen LogP contribution in [0.3, 0.4) is 0 Å². The maximum Gasteiger partial charge on any atom is 0.329 e. The average Bonchev–Trinajstić information content (AvgIpc) is 2.89. The van der Waals surface area contributed by atoms with Crippen LogP contribution in [0.5, 0.6) is 0 Å². The summed E-state index contributed by atoms with van der Waals surface area (Å²) in [7, 11) is 0. The van der Waals surface area contributed by atoms with Crippen LogP contribution in [-0.4, -0.2) is 9.55 Å². The molecule has 5 heteroatoms. The van der Waals surface area contributed by atoms with Gasteiger partial charge in [0.2, 0.25) is 0 Å². The van der Waals surface area contributed by atoms with E-state index in [1.807, 2.05) is 37.3 Å². The van der Waals surface area contributed by atoms with Crippen LogP contribution >= 0.6 is 11.3 Å². The van der Waals surface area contributed by atoms with Gasteiger partial charge in [-0.15, -0.1) is 11.3 Å². The van der Waals surface area contributed by atoms with Crippen LogP contribution in [-0.2, 0) is 6.54 Å². The molecule has 0 saturated heterocycles. The Hall–Kier alpha value is -2.14. The van der Waals surface area contributed by atoms with Crippen molar-refractivity contribution in [3.8, 4) is 11.1 Å². The lowest BCUT2D eigenvalue weighted by molar-refractivity contribution is 0.594. The lowest BCUT2D eigenvalue weighted by Gasteiger charge is -2.06. The van der Waals surface area contributed by atoms with Crippen molar-refractivity contribution >= 4 is 21.6 Å². The lowest BCUT2D eigenvalue weighted by Crippen LogP contribution is -2.29. The van der Waals surface area contributed by atoms with E-state index >= 15 is 0 Å². The van der Waals surface area contributed by atoms with Crippen molar-refractivity contribution in [3.63, 3.8) is 0 Å². The predicted molar refractivity (Wildman–Crippen MR) is 96.4 cm³/mol. The van der Waals surface area contributed by atoms with E-state index in [1.165, 1.54) is 11.3 Å². The summed E-state index contributed by atoms with van der Waals surface area (Å²) in [5, 5.41) is 0.634. The maximum absolute atomic E-state index is 12.4. The Morgan fingerprint density at radius 1 is 1.13 bits per heavy atom. The van der Waals surface area contributed by atoms with Crippen molar-refractivity contribution in [1.82, 2.24) is 9.55 Å². The zero-order valence-corrected chi connectivity index (χ0v) is 14.2. The molecule has 0 spiro atoms. The minimum absolute atomic E-state index is 0.292. The number of benzene rings is 1. The summed E-state index contributed by atoms with van der Waals surface area (Å²) in [6.45, 7) is 4.79. The summed E-state index contributed by atoms with van der Waals surface area (Å²) in [4.78, 5) is 29.0. The average molecular weight is 328 g/mol.